The van der Waals surface area contributed by atoms with E-state index in [4.69, 9.17) is 16.3 Å². The molecule has 5 nitrogen and oxygen atoms in total. The SMILES string of the molecule is COc1ccc(SC(C)C(=O)Nc2ccc(Cl)c(NC(C)=O)c2)cc1. The van der Waals surface area contributed by atoms with Crippen molar-refractivity contribution >= 4 is 46.6 Å². The molecule has 0 radical (unpaired) electrons. The molecule has 2 amide bonds. The van der Waals surface area contributed by atoms with Crippen LogP contribution in [0.15, 0.2) is 47.4 Å². The van der Waals surface area contributed by atoms with Gasteiger partial charge in [-0.3, -0.25) is 9.59 Å². The van der Waals surface area contributed by atoms with Crippen LogP contribution in [0.2, 0.25) is 5.02 Å². The van der Waals surface area contributed by atoms with Crippen LogP contribution in [0.5, 0.6) is 5.75 Å². The number of benzene rings is 2. The van der Waals surface area contributed by atoms with E-state index in [-0.39, 0.29) is 17.1 Å². The van der Waals surface area contributed by atoms with E-state index in [1.165, 1.54) is 18.7 Å². The van der Waals surface area contributed by atoms with Crippen molar-refractivity contribution in [3.8, 4) is 5.75 Å². The van der Waals surface area contributed by atoms with Crippen molar-refractivity contribution in [1.29, 1.82) is 0 Å². The van der Waals surface area contributed by atoms with Crippen molar-refractivity contribution in [1.82, 2.24) is 0 Å². The molecule has 0 saturated carbocycles. The Kier molecular flexibility index (Phi) is 6.73. The van der Waals surface area contributed by atoms with Gasteiger partial charge in [-0.25, -0.2) is 0 Å². The number of carbonyl (C=O) groups is 2. The summed E-state index contributed by atoms with van der Waals surface area (Å²) in [7, 11) is 1.61. The van der Waals surface area contributed by atoms with Gasteiger partial charge in [0.15, 0.2) is 0 Å². The first-order chi connectivity index (χ1) is 11.9. The third-order valence-electron chi connectivity index (χ3n) is 3.29. The number of rotatable bonds is 6. The van der Waals surface area contributed by atoms with Gasteiger partial charge in [0.2, 0.25) is 11.8 Å². The number of thioether (sulfide) groups is 1. The van der Waals surface area contributed by atoms with Gasteiger partial charge < -0.3 is 15.4 Å². The van der Waals surface area contributed by atoms with E-state index < -0.39 is 0 Å². The highest BCUT2D eigenvalue weighted by molar-refractivity contribution is 8.00. The molecule has 0 fully saturated rings. The van der Waals surface area contributed by atoms with Gasteiger partial charge in [0.1, 0.15) is 5.75 Å². The number of ether oxygens (including phenoxy) is 1. The maximum atomic E-state index is 12.4. The second-order valence-electron chi connectivity index (χ2n) is 5.30. The van der Waals surface area contributed by atoms with Crippen LogP contribution in [-0.2, 0) is 9.59 Å². The van der Waals surface area contributed by atoms with Crippen molar-refractivity contribution in [2.24, 2.45) is 0 Å². The molecule has 0 heterocycles. The zero-order chi connectivity index (χ0) is 18.4. The molecular formula is C18H19ClN2O3S. The first-order valence-electron chi connectivity index (χ1n) is 7.57. The van der Waals surface area contributed by atoms with Crippen molar-refractivity contribution in [2.75, 3.05) is 17.7 Å². The highest BCUT2D eigenvalue weighted by Crippen LogP contribution is 2.28. The van der Waals surface area contributed by atoms with Gasteiger partial charge in [-0.15, -0.1) is 11.8 Å². The molecule has 2 rings (SSSR count). The first-order valence-corrected chi connectivity index (χ1v) is 8.83. The summed E-state index contributed by atoms with van der Waals surface area (Å²) in [6, 6.07) is 12.5. The standard InChI is InChI=1S/C18H19ClN2O3S/c1-11(25-15-7-5-14(24-3)6-8-15)18(23)21-13-4-9-16(19)17(10-13)20-12(2)22/h4-11H,1-3H3,(H,20,22)(H,21,23). The second-order valence-corrected chi connectivity index (χ2v) is 7.12. The molecule has 0 saturated heterocycles. The van der Waals surface area contributed by atoms with Gasteiger partial charge in [0, 0.05) is 17.5 Å². The molecule has 0 spiro atoms. The lowest BCUT2D eigenvalue weighted by molar-refractivity contribution is -0.115. The minimum Gasteiger partial charge on any atom is -0.497 e. The van der Waals surface area contributed by atoms with Crippen LogP contribution < -0.4 is 15.4 Å². The number of amides is 2. The third kappa shape index (κ3) is 5.69. The molecule has 0 bridgehead atoms. The Morgan fingerprint density at radius 1 is 1.12 bits per heavy atom. The molecule has 2 aromatic carbocycles. The van der Waals surface area contributed by atoms with E-state index in [1.54, 1.807) is 25.3 Å². The van der Waals surface area contributed by atoms with Crippen LogP contribution in [0.4, 0.5) is 11.4 Å². The van der Waals surface area contributed by atoms with E-state index in [0.717, 1.165) is 10.6 Å². The zero-order valence-electron chi connectivity index (χ0n) is 14.1. The molecule has 0 aromatic heterocycles. The average molecular weight is 379 g/mol. The quantitative estimate of drug-likeness (QED) is 0.730. The van der Waals surface area contributed by atoms with Gasteiger partial charge in [-0.05, 0) is 49.4 Å². The molecule has 2 N–H and O–H groups in total. The summed E-state index contributed by atoms with van der Waals surface area (Å²) in [5, 5.41) is 5.57. The molecule has 7 heteroatoms. The predicted octanol–water partition coefficient (Wildman–Crippen LogP) is 4.43. The van der Waals surface area contributed by atoms with Crippen LogP contribution in [0.25, 0.3) is 0 Å². The molecule has 1 atom stereocenters. The Morgan fingerprint density at radius 3 is 2.40 bits per heavy atom. The zero-order valence-corrected chi connectivity index (χ0v) is 15.7. The van der Waals surface area contributed by atoms with E-state index >= 15 is 0 Å². The van der Waals surface area contributed by atoms with E-state index in [0.29, 0.717) is 16.4 Å². The first kappa shape index (κ1) is 19.1. The highest BCUT2D eigenvalue weighted by Gasteiger charge is 2.15. The van der Waals surface area contributed by atoms with E-state index in [9.17, 15) is 9.59 Å². The Labute approximate surface area is 156 Å². The van der Waals surface area contributed by atoms with Crippen molar-refractivity contribution in [3.05, 3.63) is 47.5 Å². The lowest BCUT2D eigenvalue weighted by Gasteiger charge is -2.14. The summed E-state index contributed by atoms with van der Waals surface area (Å²) in [4.78, 5) is 24.5. The average Bonchev–Trinajstić information content (AvgIpc) is 2.58. The number of nitrogens with one attached hydrogen (secondary N) is 2. The molecule has 1 unspecified atom stereocenters. The summed E-state index contributed by atoms with van der Waals surface area (Å²) in [5.41, 5.74) is 1.03. The molecule has 132 valence electrons. The Hall–Kier alpha value is -2.18. The number of carbonyl (C=O) groups excluding carboxylic acids is 2. The molecule has 0 aliphatic heterocycles. The molecule has 0 aliphatic rings. The minimum absolute atomic E-state index is 0.142. The smallest absolute Gasteiger partial charge is 0.237 e. The summed E-state index contributed by atoms with van der Waals surface area (Å²) in [6.07, 6.45) is 0. The van der Waals surface area contributed by atoms with Crippen LogP contribution in [0.1, 0.15) is 13.8 Å². The fourth-order valence-electron chi connectivity index (χ4n) is 2.04. The number of anilines is 2. The molecule has 2 aromatic rings. The molecule has 0 aliphatic carbocycles. The predicted molar refractivity (Wildman–Crippen MR) is 103 cm³/mol. The summed E-state index contributed by atoms with van der Waals surface area (Å²) in [6.45, 7) is 3.23. The lowest BCUT2D eigenvalue weighted by atomic mass is 10.2. The Morgan fingerprint density at radius 2 is 1.80 bits per heavy atom. The van der Waals surface area contributed by atoms with Gasteiger partial charge in [-0.2, -0.15) is 0 Å². The summed E-state index contributed by atoms with van der Waals surface area (Å²) in [5.74, 6) is 0.402. The van der Waals surface area contributed by atoms with Gasteiger partial charge in [0.05, 0.1) is 23.1 Å². The number of halogens is 1. The van der Waals surface area contributed by atoms with Crippen LogP contribution in [0.3, 0.4) is 0 Å². The normalized spacial score (nSPS) is 11.5. The van der Waals surface area contributed by atoms with Gasteiger partial charge in [0.25, 0.3) is 0 Å². The van der Waals surface area contributed by atoms with Crippen LogP contribution >= 0.6 is 23.4 Å². The van der Waals surface area contributed by atoms with Crippen LogP contribution in [0, 0.1) is 0 Å². The largest absolute Gasteiger partial charge is 0.497 e. The number of methoxy groups -OCH3 is 1. The van der Waals surface area contributed by atoms with Crippen molar-refractivity contribution in [2.45, 2.75) is 24.0 Å². The fraction of sp³-hybridized carbons (Fsp3) is 0.222. The number of hydrogen-bond acceptors (Lipinski definition) is 4. The minimum atomic E-state index is -0.298. The second kappa shape index (κ2) is 8.78. The van der Waals surface area contributed by atoms with E-state index in [2.05, 4.69) is 10.6 Å². The maximum Gasteiger partial charge on any atom is 0.237 e. The number of hydrogen-bond donors (Lipinski definition) is 2. The topological polar surface area (TPSA) is 67.4 Å². The van der Waals surface area contributed by atoms with E-state index in [1.807, 2.05) is 31.2 Å². The maximum absolute atomic E-state index is 12.4. The lowest BCUT2D eigenvalue weighted by Crippen LogP contribution is -2.22. The molecular weight excluding hydrogens is 360 g/mol. The van der Waals surface area contributed by atoms with Crippen LogP contribution in [-0.4, -0.2) is 24.2 Å². The summed E-state index contributed by atoms with van der Waals surface area (Å²) < 4.78 is 5.12. The Balaban J connectivity index is 2.01. The monoisotopic (exact) mass is 378 g/mol. The van der Waals surface area contributed by atoms with Gasteiger partial charge >= 0.3 is 0 Å². The van der Waals surface area contributed by atoms with Gasteiger partial charge in [-0.1, -0.05) is 11.6 Å². The highest BCUT2D eigenvalue weighted by atomic mass is 35.5. The van der Waals surface area contributed by atoms with Crippen molar-refractivity contribution < 1.29 is 14.3 Å². The Bertz CT molecular complexity index is 765. The molecule has 25 heavy (non-hydrogen) atoms. The van der Waals surface area contributed by atoms with Crippen molar-refractivity contribution in [3.63, 3.8) is 0 Å². The third-order valence-corrected chi connectivity index (χ3v) is 4.73. The fourth-order valence-corrected chi connectivity index (χ4v) is 3.08. The summed E-state index contributed by atoms with van der Waals surface area (Å²) >= 11 is 7.47.